The number of ether oxygens (including phenoxy) is 1. The van der Waals surface area contributed by atoms with E-state index in [0.29, 0.717) is 16.7 Å². The summed E-state index contributed by atoms with van der Waals surface area (Å²) in [5.74, 6) is 0. The lowest BCUT2D eigenvalue weighted by Crippen LogP contribution is -2.35. The van der Waals surface area contributed by atoms with Crippen LogP contribution >= 0.6 is 23.2 Å². The lowest BCUT2D eigenvalue weighted by molar-refractivity contribution is 0.115. The maximum atomic E-state index is 11.0. The van der Waals surface area contributed by atoms with E-state index in [1.807, 2.05) is 0 Å². The quantitative estimate of drug-likeness (QED) is 0.826. The number of halogens is 2. The van der Waals surface area contributed by atoms with Gasteiger partial charge in [-0.05, 0) is 23.8 Å². The molecular formula is C10H9Cl2NO2. The second-order valence-electron chi connectivity index (χ2n) is 3.32. The van der Waals surface area contributed by atoms with Gasteiger partial charge in [-0.25, -0.2) is 4.79 Å². The predicted octanol–water partition coefficient (Wildman–Crippen LogP) is 3.16. The van der Waals surface area contributed by atoms with E-state index in [1.54, 1.807) is 18.2 Å². The Kier molecular flexibility index (Phi) is 3.03. The minimum atomic E-state index is -0.401. The van der Waals surface area contributed by atoms with E-state index in [-0.39, 0.29) is 6.04 Å². The Hall–Kier alpha value is -0.930. The standard InChI is InChI=1S/C10H9Cl2NO2/c11-7-3-6(4-8(12)5-7)9-1-2-15-10(14)13-9/h3-5,9H,1-2H2,(H,13,14)/t9-/m0/s1. The topological polar surface area (TPSA) is 38.3 Å². The van der Waals surface area contributed by atoms with Gasteiger partial charge < -0.3 is 10.1 Å². The Morgan fingerprint density at radius 2 is 1.93 bits per heavy atom. The zero-order valence-corrected chi connectivity index (χ0v) is 9.31. The number of carbonyl (C=O) groups is 1. The van der Waals surface area contributed by atoms with E-state index in [4.69, 9.17) is 27.9 Å². The molecular weight excluding hydrogens is 237 g/mol. The van der Waals surface area contributed by atoms with Gasteiger partial charge in [-0.1, -0.05) is 23.2 Å². The van der Waals surface area contributed by atoms with Crippen molar-refractivity contribution in [1.29, 1.82) is 0 Å². The van der Waals surface area contributed by atoms with E-state index in [2.05, 4.69) is 5.32 Å². The van der Waals surface area contributed by atoms with Gasteiger partial charge in [-0.2, -0.15) is 0 Å². The van der Waals surface area contributed by atoms with E-state index < -0.39 is 6.09 Å². The molecule has 5 heteroatoms. The molecule has 1 saturated heterocycles. The van der Waals surface area contributed by atoms with Gasteiger partial charge in [0.25, 0.3) is 0 Å². The number of alkyl carbamates (subject to hydrolysis) is 1. The fraction of sp³-hybridized carbons (Fsp3) is 0.300. The third-order valence-electron chi connectivity index (χ3n) is 2.22. The van der Waals surface area contributed by atoms with Crippen LogP contribution in [0.25, 0.3) is 0 Å². The van der Waals surface area contributed by atoms with Crippen LogP contribution in [0.5, 0.6) is 0 Å². The number of carbonyl (C=O) groups excluding carboxylic acids is 1. The summed E-state index contributed by atoms with van der Waals surface area (Å²) >= 11 is 11.8. The van der Waals surface area contributed by atoms with Crippen molar-refractivity contribution < 1.29 is 9.53 Å². The number of amides is 1. The summed E-state index contributed by atoms with van der Waals surface area (Å²) in [7, 11) is 0. The first-order valence-corrected chi connectivity index (χ1v) is 5.30. The summed E-state index contributed by atoms with van der Waals surface area (Å²) in [6.45, 7) is 0.417. The number of benzene rings is 1. The van der Waals surface area contributed by atoms with Crippen LogP contribution in [0.4, 0.5) is 4.79 Å². The highest BCUT2D eigenvalue weighted by Crippen LogP contribution is 2.26. The first kappa shape index (κ1) is 10.6. The zero-order chi connectivity index (χ0) is 10.8. The smallest absolute Gasteiger partial charge is 0.407 e. The third kappa shape index (κ3) is 2.55. The van der Waals surface area contributed by atoms with E-state index in [0.717, 1.165) is 12.0 Å². The first-order chi connectivity index (χ1) is 7.15. The number of hydrogen-bond donors (Lipinski definition) is 1. The molecule has 3 nitrogen and oxygen atoms in total. The summed E-state index contributed by atoms with van der Waals surface area (Å²) in [5, 5.41) is 3.84. The molecule has 0 bridgehead atoms. The van der Waals surface area contributed by atoms with Gasteiger partial charge in [0.2, 0.25) is 0 Å². The summed E-state index contributed by atoms with van der Waals surface area (Å²) in [6, 6.07) is 5.18. The summed E-state index contributed by atoms with van der Waals surface area (Å²) in [4.78, 5) is 11.0. The molecule has 1 fully saturated rings. The minimum absolute atomic E-state index is 0.0672. The average Bonchev–Trinajstić information content (AvgIpc) is 2.16. The largest absolute Gasteiger partial charge is 0.449 e. The molecule has 1 amide bonds. The van der Waals surface area contributed by atoms with Crippen molar-refractivity contribution in [1.82, 2.24) is 5.32 Å². The molecule has 1 aromatic rings. The van der Waals surface area contributed by atoms with E-state index >= 15 is 0 Å². The molecule has 1 aliphatic heterocycles. The monoisotopic (exact) mass is 245 g/mol. The fourth-order valence-corrected chi connectivity index (χ4v) is 2.09. The van der Waals surface area contributed by atoms with Gasteiger partial charge in [-0.15, -0.1) is 0 Å². The maximum absolute atomic E-state index is 11.0. The number of nitrogens with one attached hydrogen (secondary N) is 1. The minimum Gasteiger partial charge on any atom is -0.449 e. The van der Waals surface area contributed by atoms with Crippen molar-refractivity contribution in [3.63, 3.8) is 0 Å². The van der Waals surface area contributed by atoms with Crippen molar-refractivity contribution in [2.45, 2.75) is 12.5 Å². The molecule has 1 atom stereocenters. The molecule has 1 aliphatic rings. The van der Waals surface area contributed by atoms with E-state index in [1.165, 1.54) is 0 Å². The molecule has 1 aromatic carbocycles. The average molecular weight is 246 g/mol. The molecule has 0 aromatic heterocycles. The molecule has 0 spiro atoms. The Labute approximate surface area is 97.3 Å². The van der Waals surface area contributed by atoms with Gasteiger partial charge in [-0.3, -0.25) is 0 Å². The van der Waals surface area contributed by atoms with Crippen molar-refractivity contribution in [3.05, 3.63) is 33.8 Å². The highest BCUT2D eigenvalue weighted by molar-refractivity contribution is 6.34. The second-order valence-corrected chi connectivity index (χ2v) is 4.20. The number of rotatable bonds is 1. The van der Waals surface area contributed by atoms with E-state index in [9.17, 15) is 4.79 Å². The molecule has 0 radical (unpaired) electrons. The lowest BCUT2D eigenvalue weighted by Gasteiger charge is -2.23. The number of hydrogen-bond acceptors (Lipinski definition) is 2. The van der Waals surface area contributed by atoms with Gasteiger partial charge in [0.1, 0.15) is 0 Å². The predicted molar refractivity (Wildman–Crippen MR) is 58.3 cm³/mol. The van der Waals surface area contributed by atoms with Crippen LogP contribution < -0.4 is 5.32 Å². The van der Waals surface area contributed by atoms with Crippen LogP contribution in [0.3, 0.4) is 0 Å². The SMILES string of the molecule is O=C1N[C@H](c2cc(Cl)cc(Cl)c2)CCO1. The van der Waals surface area contributed by atoms with Gasteiger partial charge in [0.15, 0.2) is 0 Å². The zero-order valence-electron chi connectivity index (χ0n) is 7.80. The van der Waals surface area contributed by atoms with Crippen molar-refractivity contribution in [2.75, 3.05) is 6.61 Å². The Morgan fingerprint density at radius 3 is 2.53 bits per heavy atom. The lowest BCUT2D eigenvalue weighted by atomic mass is 10.0. The molecule has 0 saturated carbocycles. The molecule has 15 heavy (non-hydrogen) atoms. The van der Waals surface area contributed by atoms with Crippen LogP contribution in [-0.2, 0) is 4.74 Å². The molecule has 0 aliphatic carbocycles. The van der Waals surface area contributed by atoms with Crippen LogP contribution in [0.15, 0.2) is 18.2 Å². The maximum Gasteiger partial charge on any atom is 0.407 e. The van der Waals surface area contributed by atoms with Crippen LogP contribution in [0.1, 0.15) is 18.0 Å². The van der Waals surface area contributed by atoms with Crippen LogP contribution in [0, 0.1) is 0 Å². The normalized spacial score (nSPS) is 20.7. The highest BCUT2D eigenvalue weighted by Gasteiger charge is 2.21. The van der Waals surface area contributed by atoms with Crippen molar-refractivity contribution >= 4 is 29.3 Å². The Morgan fingerprint density at radius 1 is 1.27 bits per heavy atom. The molecule has 2 rings (SSSR count). The fourth-order valence-electron chi connectivity index (χ4n) is 1.55. The molecule has 0 unspecified atom stereocenters. The van der Waals surface area contributed by atoms with Gasteiger partial charge in [0, 0.05) is 16.5 Å². The molecule has 80 valence electrons. The third-order valence-corrected chi connectivity index (χ3v) is 2.66. The summed E-state index contributed by atoms with van der Waals surface area (Å²) in [5.41, 5.74) is 0.907. The van der Waals surface area contributed by atoms with Crippen molar-refractivity contribution in [3.8, 4) is 0 Å². The van der Waals surface area contributed by atoms with Crippen molar-refractivity contribution in [2.24, 2.45) is 0 Å². The number of cyclic esters (lactones) is 1. The van der Waals surface area contributed by atoms with Crippen LogP contribution in [0.2, 0.25) is 10.0 Å². The Bertz CT molecular complexity index is 375. The second kappa shape index (κ2) is 4.29. The summed E-state index contributed by atoms with van der Waals surface area (Å²) < 4.78 is 4.77. The Balaban J connectivity index is 2.24. The summed E-state index contributed by atoms with van der Waals surface area (Å²) in [6.07, 6.45) is 0.324. The van der Waals surface area contributed by atoms with Crippen LogP contribution in [-0.4, -0.2) is 12.7 Å². The molecule has 1 heterocycles. The molecule has 1 N–H and O–H groups in total. The first-order valence-electron chi connectivity index (χ1n) is 4.54. The highest BCUT2D eigenvalue weighted by atomic mass is 35.5. The van der Waals surface area contributed by atoms with Gasteiger partial charge >= 0.3 is 6.09 Å². The van der Waals surface area contributed by atoms with Gasteiger partial charge in [0.05, 0.1) is 12.6 Å².